The fourth-order valence-corrected chi connectivity index (χ4v) is 2.65. The number of nitrogens with zero attached hydrogens (tertiary/aromatic N) is 6. The molecule has 1 amide bonds. The number of aromatic nitrogens is 6. The molecule has 10 nitrogen and oxygen atoms in total. The van der Waals surface area contributed by atoms with E-state index >= 15 is 0 Å². The Bertz CT molecular complexity index is 1230. The van der Waals surface area contributed by atoms with Crippen LogP contribution in [-0.4, -0.2) is 46.3 Å². The number of amides is 1. The van der Waals surface area contributed by atoms with Gasteiger partial charge in [0.15, 0.2) is 5.65 Å². The minimum atomic E-state index is -1.25. The number of nitrogens with one attached hydrogen (secondary N) is 1. The quantitative estimate of drug-likeness (QED) is 0.514. The predicted octanol–water partition coefficient (Wildman–Crippen LogP) is 1.61. The molecule has 0 bridgehead atoms. The number of pyridine rings is 2. The number of carbonyl (C=O) groups excluding carboxylic acids is 1. The largest absolute Gasteiger partial charge is 0.478 e. The molecule has 28 heavy (non-hydrogen) atoms. The van der Waals surface area contributed by atoms with E-state index in [-0.39, 0.29) is 22.8 Å². The molecule has 11 heteroatoms. The van der Waals surface area contributed by atoms with Crippen molar-refractivity contribution >= 4 is 23.2 Å². The molecule has 0 aliphatic heterocycles. The summed E-state index contributed by atoms with van der Waals surface area (Å²) < 4.78 is 15.9. The molecule has 0 saturated carbocycles. The number of hydrogen-bond donors (Lipinski definition) is 2. The van der Waals surface area contributed by atoms with E-state index in [2.05, 4.69) is 25.5 Å². The van der Waals surface area contributed by atoms with Crippen LogP contribution in [0.25, 0.3) is 17.2 Å². The van der Waals surface area contributed by atoms with Gasteiger partial charge in [-0.2, -0.15) is 9.49 Å². The SMILES string of the molecule is Cn1ncc(C(=O)O)c1C(=O)Nc1ccn2nc(-c3cccc(F)n3)nc2c1. The summed E-state index contributed by atoms with van der Waals surface area (Å²) >= 11 is 0. The van der Waals surface area contributed by atoms with Gasteiger partial charge in [-0.25, -0.2) is 19.3 Å². The van der Waals surface area contributed by atoms with Crippen LogP contribution in [0.3, 0.4) is 0 Å². The van der Waals surface area contributed by atoms with E-state index in [9.17, 15) is 19.1 Å². The second-order valence-electron chi connectivity index (χ2n) is 5.79. The third kappa shape index (κ3) is 3.05. The summed E-state index contributed by atoms with van der Waals surface area (Å²) in [6.45, 7) is 0. The lowest BCUT2D eigenvalue weighted by Crippen LogP contribution is -2.19. The molecule has 0 aliphatic carbocycles. The molecule has 4 heterocycles. The number of aryl methyl sites for hydroxylation is 1. The highest BCUT2D eigenvalue weighted by atomic mass is 19.1. The second kappa shape index (κ2) is 6.54. The van der Waals surface area contributed by atoms with Gasteiger partial charge in [-0.05, 0) is 18.2 Å². The molecule has 0 aliphatic rings. The van der Waals surface area contributed by atoms with Crippen LogP contribution >= 0.6 is 0 Å². The number of halogens is 1. The lowest BCUT2D eigenvalue weighted by molar-refractivity contribution is 0.0692. The molecule has 4 rings (SSSR count). The van der Waals surface area contributed by atoms with Crippen LogP contribution < -0.4 is 5.32 Å². The molecule has 0 unspecified atom stereocenters. The van der Waals surface area contributed by atoms with Gasteiger partial charge in [0.2, 0.25) is 11.8 Å². The Hall–Kier alpha value is -4.15. The molecule has 0 aromatic carbocycles. The van der Waals surface area contributed by atoms with Gasteiger partial charge in [-0.3, -0.25) is 9.48 Å². The van der Waals surface area contributed by atoms with Crippen molar-refractivity contribution in [2.45, 2.75) is 0 Å². The second-order valence-corrected chi connectivity index (χ2v) is 5.79. The first-order valence-corrected chi connectivity index (χ1v) is 7.98. The van der Waals surface area contributed by atoms with E-state index in [1.54, 1.807) is 24.4 Å². The van der Waals surface area contributed by atoms with Crippen molar-refractivity contribution in [3.05, 3.63) is 59.9 Å². The van der Waals surface area contributed by atoms with Gasteiger partial charge in [0.25, 0.3) is 5.91 Å². The van der Waals surface area contributed by atoms with Crippen molar-refractivity contribution in [2.75, 3.05) is 5.32 Å². The van der Waals surface area contributed by atoms with Crippen LogP contribution in [0, 0.1) is 5.95 Å². The van der Waals surface area contributed by atoms with Gasteiger partial charge >= 0.3 is 5.97 Å². The van der Waals surface area contributed by atoms with Gasteiger partial charge in [-0.15, -0.1) is 5.10 Å². The summed E-state index contributed by atoms with van der Waals surface area (Å²) in [6.07, 6.45) is 2.67. The van der Waals surface area contributed by atoms with E-state index in [0.29, 0.717) is 11.3 Å². The standard InChI is InChI=1S/C17H12FN7O3/c1-24-14(10(8-19-24)17(27)28)16(26)20-9-5-6-25-13(7-9)22-15(23-25)11-3-2-4-12(18)21-11/h2-8H,1H3,(H,20,26)(H,27,28). The Labute approximate surface area is 156 Å². The zero-order valence-corrected chi connectivity index (χ0v) is 14.4. The first-order chi connectivity index (χ1) is 13.4. The highest BCUT2D eigenvalue weighted by Crippen LogP contribution is 2.18. The van der Waals surface area contributed by atoms with Crippen LogP contribution in [0.5, 0.6) is 0 Å². The van der Waals surface area contributed by atoms with Crippen molar-refractivity contribution in [3.8, 4) is 11.5 Å². The van der Waals surface area contributed by atoms with E-state index in [1.165, 1.54) is 28.4 Å². The molecule has 4 aromatic rings. The zero-order chi connectivity index (χ0) is 19.8. The molecule has 140 valence electrons. The molecule has 0 radical (unpaired) electrons. The van der Waals surface area contributed by atoms with Crippen LogP contribution in [0.4, 0.5) is 10.1 Å². The Morgan fingerprint density at radius 3 is 2.79 bits per heavy atom. The molecule has 0 saturated heterocycles. The Morgan fingerprint density at radius 2 is 2.04 bits per heavy atom. The number of aromatic carboxylic acids is 1. The van der Waals surface area contributed by atoms with Crippen molar-refractivity contribution in [1.29, 1.82) is 0 Å². The van der Waals surface area contributed by atoms with E-state index in [1.807, 2.05) is 0 Å². The van der Waals surface area contributed by atoms with Crippen molar-refractivity contribution in [1.82, 2.24) is 29.4 Å². The fraction of sp³-hybridized carbons (Fsp3) is 0.0588. The van der Waals surface area contributed by atoms with Crippen LogP contribution in [0.15, 0.2) is 42.7 Å². The lowest BCUT2D eigenvalue weighted by Gasteiger charge is -2.06. The number of rotatable bonds is 4. The van der Waals surface area contributed by atoms with Crippen LogP contribution in [0.2, 0.25) is 0 Å². The third-order valence-electron chi connectivity index (χ3n) is 3.92. The van der Waals surface area contributed by atoms with Crippen LogP contribution in [0.1, 0.15) is 20.8 Å². The minimum Gasteiger partial charge on any atom is -0.478 e. The van der Waals surface area contributed by atoms with Gasteiger partial charge in [0.1, 0.15) is 17.0 Å². The summed E-state index contributed by atoms with van der Waals surface area (Å²) in [5.41, 5.74) is 0.750. The monoisotopic (exact) mass is 381 g/mol. The average Bonchev–Trinajstić information content (AvgIpc) is 3.25. The van der Waals surface area contributed by atoms with Crippen molar-refractivity contribution < 1.29 is 19.1 Å². The average molecular weight is 381 g/mol. The number of carbonyl (C=O) groups is 2. The first kappa shape index (κ1) is 17.3. The zero-order valence-electron chi connectivity index (χ0n) is 14.4. The van der Waals surface area contributed by atoms with Gasteiger partial charge < -0.3 is 10.4 Å². The fourth-order valence-electron chi connectivity index (χ4n) is 2.65. The van der Waals surface area contributed by atoms with Gasteiger partial charge in [-0.1, -0.05) is 6.07 Å². The summed E-state index contributed by atoms with van der Waals surface area (Å²) in [6, 6.07) is 7.42. The molecule has 0 fully saturated rings. The molecule has 4 aromatic heterocycles. The highest BCUT2D eigenvalue weighted by Gasteiger charge is 2.22. The van der Waals surface area contributed by atoms with E-state index in [0.717, 1.165) is 6.20 Å². The first-order valence-electron chi connectivity index (χ1n) is 7.98. The molecule has 0 atom stereocenters. The Balaban J connectivity index is 1.64. The topological polar surface area (TPSA) is 127 Å². The molecular formula is C17H12FN7O3. The smallest absolute Gasteiger partial charge is 0.339 e. The number of carboxylic acid groups (broad SMARTS) is 1. The van der Waals surface area contributed by atoms with E-state index in [4.69, 9.17) is 0 Å². The molecule has 2 N–H and O–H groups in total. The maximum absolute atomic E-state index is 13.3. The van der Waals surface area contributed by atoms with Crippen molar-refractivity contribution in [3.63, 3.8) is 0 Å². The van der Waals surface area contributed by atoms with Gasteiger partial charge in [0.05, 0.1) is 6.20 Å². The maximum Gasteiger partial charge on any atom is 0.339 e. The normalized spacial score (nSPS) is 10.9. The number of hydrogen-bond acceptors (Lipinski definition) is 6. The predicted molar refractivity (Wildman–Crippen MR) is 94.3 cm³/mol. The maximum atomic E-state index is 13.3. The molecule has 0 spiro atoms. The lowest BCUT2D eigenvalue weighted by atomic mass is 10.2. The van der Waals surface area contributed by atoms with Crippen LogP contribution in [-0.2, 0) is 7.05 Å². The van der Waals surface area contributed by atoms with Crippen molar-refractivity contribution in [2.24, 2.45) is 7.05 Å². The number of carboxylic acids is 1. The van der Waals surface area contributed by atoms with Gasteiger partial charge in [0, 0.05) is 25.0 Å². The van der Waals surface area contributed by atoms with E-state index < -0.39 is 17.8 Å². The summed E-state index contributed by atoms with van der Waals surface area (Å²) in [7, 11) is 1.47. The minimum absolute atomic E-state index is 0.0847. The summed E-state index contributed by atoms with van der Waals surface area (Å²) in [5.74, 6) is -2.30. The third-order valence-corrected chi connectivity index (χ3v) is 3.92. The Kier molecular flexibility index (Phi) is 4.03. The molecular weight excluding hydrogens is 369 g/mol. The Morgan fingerprint density at radius 1 is 1.21 bits per heavy atom. The number of fused-ring (bicyclic) bond motifs is 1. The summed E-state index contributed by atoms with van der Waals surface area (Å²) in [5, 5.41) is 19.8. The number of anilines is 1. The summed E-state index contributed by atoms with van der Waals surface area (Å²) in [4.78, 5) is 31.7. The highest BCUT2D eigenvalue weighted by molar-refractivity contribution is 6.09.